The van der Waals surface area contributed by atoms with Crippen molar-refractivity contribution >= 4 is 11.9 Å². The largest absolute Gasteiger partial charge is 0.550 e. The molecular weight excluding hydrogens is 346 g/mol. The molecule has 6 heteroatoms. The number of quaternary nitrogens is 1. The van der Waals surface area contributed by atoms with E-state index in [0.717, 1.165) is 6.42 Å². The molecule has 0 aromatic rings. The Labute approximate surface area is 163 Å². The number of aliphatic hydroxyl groups is 1. The van der Waals surface area contributed by atoms with Crippen LogP contribution >= 0.6 is 0 Å². The number of carbonyl (C=O) groups excluding carboxylic acids is 2. The summed E-state index contributed by atoms with van der Waals surface area (Å²) >= 11 is 0. The van der Waals surface area contributed by atoms with Crippen molar-refractivity contribution in [2.75, 3.05) is 27.7 Å². The monoisotopic (exact) mass is 381 g/mol. The van der Waals surface area contributed by atoms with E-state index in [0.29, 0.717) is 17.4 Å². The third-order valence-corrected chi connectivity index (χ3v) is 3.58. The predicted molar refractivity (Wildman–Crippen MR) is 105 cm³/mol. The Kier molecular flexibility index (Phi) is 13.2. The van der Waals surface area contributed by atoms with Crippen LogP contribution in [0.2, 0.25) is 0 Å². The SMILES string of the molecule is CCCC/C=C/C=C/C=C/CC(O)CC(=O)OC(CC(=O)[O-])C[N+](C)(C)C. The number of carbonyl (C=O) groups is 2. The van der Waals surface area contributed by atoms with Crippen LogP contribution in [0.4, 0.5) is 0 Å². The summed E-state index contributed by atoms with van der Waals surface area (Å²) in [5, 5.41) is 20.7. The van der Waals surface area contributed by atoms with Crippen LogP contribution in [-0.2, 0) is 14.3 Å². The molecule has 27 heavy (non-hydrogen) atoms. The number of aliphatic carboxylic acids is 1. The second-order valence-electron chi connectivity index (χ2n) is 7.64. The van der Waals surface area contributed by atoms with Crippen LogP contribution in [0.5, 0.6) is 0 Å². The topological polar surface area (TPSA) is 86.7 Å². The molecule has 0 saturated carbocycles. The van der Waals surface area contributed by atoms with Gasteiger partial charge in [0, 0.05) is 12.4 Å². The molecule has 0 aliphatic rings. The number of hydrogen-bond donors (Lipinski definition) is 1. The first-order chi connectivity index (χ1) is 12.6. The van der Waals surface area contributed by atoms with Crippen molar-refractivity contribution in [1.82, 2.24) is 0 Å². The standard InChI is InChI=1S/C21H35NO5/c1-5-6-7-8-9-10-11-12-13-14-18(23)15-21(26)27-19(16-20(24)25)17-22(2,3)4/h8-13,18-19,23H,5-7,14-17H2,1-4H3/b9-8+,11-10+,13-12+. The summed E-state index contributed by atoms with van der Waals surface area (Å²) in [7, 11) is 5.63. The van der Waals surface area contributed by atoms with E-state index in [4.69, 9.17) is 4.74 Å². The Morgan fingerprint density at radius 1 is 1.07 bits per heavy atom. The molecule has 0 bridgehead atoms. The first-order valence-electron chi connectivity index (χ1n) is 9.50. The highest BCUT2D eigenvalue weighted by molar-refractivity contribution is 5.71. The van der Waals surface area contributed by atoms with Crippen molar-refractivity contribution < 1.29 is 29.0 Å². The first-order valence-corrected chi connectivity index (χ1v) is 9.50. The molecule has 1 N–H and O–H groups in total. The normalized spacial score (nSPS) is 14.9. The molecule has 0 aliphatic heterocycles. The number of rotatable bonds is 14. The average Bonchev–Trinajstić information content (AvgIpc) is 2.50. The van der Waals surface area contributed by atoms with Crippen LogP contribution < -0.4 is 5.11 Å². The highest BCUT2D eigenvalue weighted by Crippen LogP contribution is 2.08. The lowest BCUT2D eigenvalue weighted by Crippen LogP contribution is -2.45. The first kappa shape index (κ1) is 25.1. The number of nitrogens with zero attached hydrogens (tertiary/aromatic N) is 1. The number of allylic oxidation sites excluding steroid dienone is 5. The van der Waals surface area contributed by atoms with Gasteiger partial charge >= 0.3 is 5.97 Å². The van der Waals surface area contributed by atoms with E-state index in [1.165, 1.54) is 12.8 Å². The van der Waals surface area contributed by atoms with Gasteiger partial charge in [-0.25, -0.2) is 0 Å². The van der Waals surface area contributed by atoms with Gasteiger partial charge in [-0.05, 0) is 12.8 Å². The number of unbranched alkanes of at least 4 members (excludes halogenated alkanes) is 2. The lowest BCUT2D eigenvalue weighted by Gasteiger charge is -2.29. The Balaban J connectivity index is 4.27. The number of aliphatic hydroxyl groups excluding tert-OH is 1. The van der Waals surface area contributed by atoms with Gasteiger partial charge in [-0.2, -0.15) is 0 Å². The second-order valence-corrected chi connectivity index (χ2v) is 7.64. The number of esters is 1. The minimum atomic E-state index is -1.26. The molecule has 0 spiro atoms. The van der Waals surface area contributed by atoms with Crippen molar-refractivity contribution in [2.24, 2.45) is 0 Å². The van der Waals surface area contributed by atoms with Crippen molar-refractivity contribution in [2.45, 2.75) is 57.7 Å². The van der Waals surface area contributed by atoms with E-state index < -0.39 is 24.1 Å². The van der Waals surface area contributed by atoms with E-state index in [9.17, 15) is 19.8 Å². The van der Waals surface area contributed by atoms with E-state index in [1.807, 2.05) is 45.4 Å². The summed E-state index contributed by atoms with van der Waals surface area (Å²) in [5.41, 5.74) is 0. The minimum Gasteiger partial charge on any atom is -0.550 e. The summed E-state index contributed by atoms with van der Waals surface area (Å²) in [4.78, 5) is 22.8. The van der Waals surface area contributed by atoms with Crippen molar-refractivity contribution in [1.29, 1.82) is 0 Å². The van der Waals surface area contributed by atoms with Crippen LogP contribution in [0.15, 0.2) is 36.5 Å². The van der Waals surface area contributed by atoms with Crippen LogP contribution in [0.3, 0.4) is 0 Å². The van der Waals surface area contributed by atoms with Gasteiger partial charge < -0.3 is 24.2 Å². The molecule has 0 saturated heterocycles. The second kappa shape index (κ2) is 14.2. The fourth-order valence-corrected chi connectivity index (χ4v) is 2.39. The zero-order chi connectivity index (χ0) is 20.7. The number of likely N-dealkylation sites (N-methyl/N-ethyl adjacent to an activating group) is 1. The van der Waals surface area contributed by atoms with E-state index in [2.05, 4.69) is 13.0 Å². The van der Waals surface area contributed by atoms with Crippen LogP contribution in [0.1, 0.15) is 45.4 Å². The molecule has 0 rings (SSSR count). The van der Waals surface area contributed by atoms with Crippen molar-refractivity contribution in [3.05, 3.63) is 36.5 Å². The maximum absolute atomic E-state index is 11.9. The highest BCUT2D eigenvalue weighted by atomic mass is 16.5. The number of ether oxygens (including phenoxy) is 1. The van der Waals surface area contributed by atoms with Gasteiger partial charge in [-0.3, -0.25) is 4.79 Å². The molecule has 0 aliphatic carbocycles. The summed E-state index contributed by atoms with van der Waals surface area (Å²) in [6.07, 6.45) is 13.1. The third kappa shape index (κ3) is 17.3. The lowest BCUT2D eigenvalue weighted by molar-refractivity contribution is -0.873. The molecule has 0 aromatic heterocycles. The fraction of sp³-hybridized carbons (Fsp3) is 0.619. The van der Waals surface area contributed by atoms with E-state index in [-0.39, 0.29) is 12.8 Å². The molecule has 6 nitrogen and oxygen atoms in total. The van der Waals surface area contributed by atoms with Gasteiger partial charge in [-0.1, -0.05) is 56.2 Å². The highest BCUT2D eigenvalue weighted by Gasteiger charge is 2.23. The zero-order valence-corrected chi connectivity index (χ0v) is 17.1. The number of carboxylic acids is 1. The Morgan fingerprint density at radius 2 is 1.70 bits per heavy atom. The minimum absolute atomic E-state index is 0.175. The Hall–Kier alpha value is -1.92. The molecular formula is C21H35NO5. The molecule has 0 aromatic carbocycles. The molecule has 0 amide bonds. The Morgan fingerprint density at radius 3 is 2.26 bits per heavy atom. The lowest BCUT2D eigenvalue weighted by atomic mass is 10.1. The molecule has 0 heterocycles. The van der Waals surface area contributed by atoms with Gasteiger partial charge in [0.25, 0.3) is 0 Å². The summed E-state index contributed by atoms with van der Waals surface area (Å²) in [5.74, 6) is -1.87. The van der Waals surface area contributed by atoms with Gasteiger partial charge in [0.15, 0.2) is 6.10 Å². The zero-order valence-electron chi connectivity index (χ0n) is 17.1. The van der Waals surface area contributed by atoms with Gasteiger partial charge in [-0.15, -0.1) is 0 Å². The molecule has 154 valence electrons. The maximum Gasteiger partial charge on any atom is 0.308 e. The molecule has 2 atom stereocenters. The summed E-state index contributed by atoms with van der Waals surface area (Å²) in [6.45, 7) is 2.51. The van der Waals surface area contributed by atoms with Gasteiger partial charge in [0.2, 0.25) is 0 Å². The summed E-state index contributed by atoms with van der Waals surface area (Å²) < 4.78 is 5.67. The average molecular weight is 382 g/mol. The van der Waals surface area contributed by atoms with E-state index in [1.54, 1.807) is 6.08 Å². The van der Waals surface area contributed by atoms with Crippen LogP contribution in [0.25, 0.3) is 0 Å². The van der Waals surface area contributed by atoms with Crippen molar-refractivity contribution in [3.63, 3.8) is 0 Å². The maximum atomic E-state index is 11.9. The third-order valence-electron chi connectivity index (χ3n) is 3.58. The van der Waals surface area contributed by atoms with E-state index >= 15 is 0 Å². The predicted octanol–water partition coefficient (Wildman–Crippen LogP) is 1.74. The van der Waals surface area contributed by atoms with Crippen LogP contribution in [-0.4, -0.2) is 61.4 Å². The van der Waals surface area contributed by atoms with Crippen LogP contribution in [0, 0.1) is 0 Å². The number of hydrogen-bond acceptors (Lipinski definition) is 5. The molecule has 0 fully saturated rings. The number of carboxylic acid groups (broad SMARTS) is 1. The van der Waals surface area contributed by atoms with Gasteiger partial charge in [0.05, 0.1) is 33.7 Å². The molecule has 2 unspecified atom stereocenters. The summed E-state index contributed by atoms with van der Waals surface area (Å²) in [6, 6.07) is 0. The van der Waals surface area contributed by atoms with Crippen molar-refractivity contribution in [3.8, 4) is 0 Å². The smallest absolute Gasteiger partial charge is 0.308 e. The quantitative estimate of drug-likeness (QED) is 0.214. The fourth-order valence-electron chi connectivity index (χ4n) is 2.39. The Bertz CT molecular complexity index is 517. The molecule has 0 radical (unpaired) electrons. The van der Waals surface area contributed by atoms with Gasteiger partial charge in [0.1, 0.15) is 6.54 Å².